The highest BCUT2D eigenvalue weighted by Gasteiger charge is 2.18. The fourth-order valence-corrected chi connectivity index (χ4v) is 5.05. The molecule has 0 amide bonds. The molecule has 8 nitrogen and oxygen atoms in total. The topological polar surface area (TPSA) is 82.8 Å². The van der Waals surface area contributed by atoms with Gasteiger partial charge in [-0.15, -0.1) is 5.10 Å². The summed E-state index contributed by atoms with van der Waals surface area (Å²) in [6.45, 7) is 2.29. The van der Waals surface area contributed by atoms with Crippen LogP contribution in [-0.4, -0.2) is 61.4 Å². The van der Waals surface area contributed by atoms with Crippen molar-refractivity contribution in [3.8, 4) is 11.1 Å². The van der Waals surface area contributed by atoms with Gasteiger partial charge in [0.25, 0.3) is 0 Å². The summed E-state index contributed by atoms with van der Waals surface area (Å²) in [6, 6.07) is 19.8. The summed E-state index contributed by atoms with van der Waals surface area (Å²) in [5.74, 6) is 1.13. The summed E-state index contributed by atoms with van der Waals surface area (Å²) in [4.78, 5) is 7.12. The van der Waals surface area contributed by atoms with Gasteiger partial charge in [-0.05, 0) is 86.4 Å². The number of benzene rings is 2. The summed E-state index contributed by atoms with van der Waals surface area (Å²) in [5.41, 5.74) is 5.34. The molecule has 4 aromatic rings. The molecule has 0 aliphatic carbocycles. The highest BCUT2D eigenvalue weighted by Crippen LogP contribution is 2.30. The maximum absolute atomic E-state index is 12.0. The lowest BCUT2D eigenvalue weighted by molar-refractivity contribution is 0.255. The summed E-state index contributed by atoms with van der Waals surface area (Å²) < 4.78 is 27.0. The Kier molecular flexibility index (Phi) is 6.21. The van der Waals surface area contributed by atoms with Gasteiger partial charge in [-0.1, -0.05) is 24.3 Å². The monoisotopic (exact) mass is 490 g/mol. The minimum Gasteiger partial charge on any atom is -0.323 e. The van der Waals surface area contributed by atoms with Gasteiger partial charge in [-0.2, -0.15) is 4.98 Å². The number of sulfonamides is 1. The third-order valence-corrected chi connectivity index (χ3v) is 7.94. The number of likely N-dealkylation sites (tertiary alicyclic amines) is 1. The Labute approximate surface area is 206 Å². The van der Waals surface area contributed by atoms with Crippen LogP contribution in [0.1, 0.15) is 24.3 Å². The molecule has 2 aromatic carbocycles. The first-order valence-electron chi connectivity index (χ1n) is 11.7. The van der Waals surface area contributed by atoms with E-state index in [4.69, 9.17) is 4.98 Å². The summed E-state index contributed by atoms with van der Waals surface area (Å²) in [6.07, 6.45) is 5.44. The van der Waals surface area contributed by atoms with Crippen LogP contribution >= 0.6 is 0 Å². The Balaban J connectivity index is 1.39. The molecule has 3 heterocycles. The van der Waals surface area contributed by atoms with Crippen LogP contribution < -0.4 is 9.62 Å². The maximum atomic E-state index is 12.0. The van der Waals surface area contributed by atoms with Crippen molar-refractivity contribution in [2.75, 3.05) is 43.1 Å². The van der Waals surface area contributed by atoms with Gasteiger partial charge in [0.15, 0.2) is 5.65 Å². The molecule has 0 radical (unpaired) electrons. The number of nitrogens with one attached hydrogen (secondary N) is 1. The van der Waals surface area contributed by atoms with E-state index in [9.17, 15) is 8.42 Å². The minimum atomic E-state index is -3.35. The van der Waals surface area contributed by atoms with E-state index < -0.39 is 10.0 Å². The molecular weight excluding hydrogens is 460 g/mol. The zero-order chi connectivity index (χ0) is 24.6. The van der Waals surface area contributed by atoms with Crippen molar-refractivity contribution in [2.24, 2.45) is 0 Å². The van der Waals surface area contributed by atoms with E-state index in [1.165, 1.54) is 29.0 Å². The highest BCUT2D eigenvalue weighted by molar-refractivity contribution is 7.92. The summed E-state index contributed by atoms with van der Waals surface area (Å²) in [5, 5.41) is 7.91. The molecule has 9 heteroatoms. The molecule has 1 aliphatic rings. The molecule has 1 fully saturated rings. The van der Waals surface area contributed by atoms with Crippen LogP contribution in [0.25, 0.3) is 16.8 Å². The predicted molar refractivity (Wildman–Crippen MR) is 141 cm³/mol. The van der Waals surface area contributed by atoms with Crippen molar-refractivity contribution in [2.45, 2.75) is 18.8 Å². The number of rotatable bonds is 6. The fourth-order valence-electron chi connectivity index (χ4n) is 4.55. The van der Waals surface area contributed by atoms with Crippen LogP contribution in [0.15, 0.2) is 66.9 Å². The van der Waals surface area contributed by atoms with Gasteiger partial charge in [0.1, 0.15) is 0 Å². The third-order valence-electron chi connectivity index (χ3n) is 6.74. The van der Waals surface area contributed by atoms with Gasteiger partial charge in [-0.25, -0.2) is 12.9 Å². The first kappa shape index (κ1) is 23.3. The Bertz CT molecular complexity index is 1440. The van der Waals surface area contributed by atoms with Crippen LogP contribution in [-0.2, 0) is 10.0 Å². The van der Waals surface area contributed by atoms with Crippen LogP contribution in [0.2, 0.25) is 0 Å². The number of fused-ring (bicyclic) bond motifs is 1. The Morgan fingerprint density at radius 1 is 1.03 bits per heavy atom. The first-order chi connectivity index (χ1) is 16.8. The molecule has 0 saturated carbocycles. The van der Waals surface area contributed by atoms with Crippen LogP contribution in [0.4, 0.5) is 17.3 Å². The van der Waals surface area contributed by atoms with Crippen LogP contribution in [0, 0.1) is 0 Å². The Morgan fingerprint density at radius 2 is 1.77 bits per heavy atom. The van der Waals surface area contributed by atoms with E-state index in [0.717, 1.165) is 29.9 Å². The average Bonchev–Trinajstić information content (AvgIpc) is 3.26. The molecule has 5 rings (SSSR count). The number of hydrogen-bond acceptors (Lipinski definition) is 6. The predicted octanol–water partition coefficient (Wildman–Crippen LogP) is 4.34. The average molecular weight is 491 g/mol. The normalized spacial score (nSPS) is 15.4. The standard InChI is InChI=1S/C26H30N6O2S/c1-30-16-13-20(14-17-30)19-9-11-22(12-10-19)27-26-28-25-24(8-5-15-32(25)29-26)21-6-4-7-23(18-21)31(2)35(3,33)34/h4-12,15,18,20H,13-14,16-17H2,1-3H3,(H,27,29). The molecule has 0 bridgehead atoms. The number of pyridine rings is 1. The van der Waals surface area contributed by atoms with Gasteiger partial charge in [0.2, 0.25) is 16.0 Å². The van der Waals surface area contributed by atoms with Crippen molar-refractivity contribution in [3.63, 3.8) is 0 Å². The molecule has 1 aliphatic heterocycles. The molecule has 35 heavy (non-hydrogen) atoms. The molecule has 2 aromatic heterocycles. The van der Waals surface area contributed by atoms with Gasteiger partial charge < -0.3 is 10.2 Å². The van der Waals surface area contributed by atoms with Crippen molar-refractivity contribution < 1.29 is 8.42 Å². The molecular formula is C26H30N6O2S. The van der Waals surface area contributed by atoms with Gasteiger partial charge >= 0.3 is 0 Å². The van der Waals surface area contributed by atoms with E-state index in [-0.39, 0.29) is 0 Å². The zero-order valence-electron chi connectivity index (χ0n) is 20.2. The van der Waals surface area contributed by atoms with Crippen molar-refractivity contribution in [1.29, 1.82) is 0 Å². The second kappa shape index (κ2) is 9.31. The third kappa shape index (κ3) is 5.01. The quantitative estimate of drug-likeness (QED) is 0.433. The molecule has 0 spiro atoms. The van der Waals surface area contributed by atoms with Crippen molar-refractivity contribution in [3.05, 3.63) is 72.4 Å². The number of hydrogen-bond donors (Lipinski definition) is 1. The second-order valence-corrected chi connectivity index (χ2v) is 11.2. The number of anilines is 3. The largest absolute Gasteiger partial charge is 0.323 e. The van der Waals surface area contributed by atoms with E-state index in [0.29, 0.717) is 23.2 Å². The lowest BCUT2D eigenvalue weighted by Crippen LogP contribution is -2.29. The highest BCUT2D eigenvalue weighted by atomic mass is 32.2. The molecule has 1 N–H and O–H groups in total. The smallest absolute Gasteiger partial charge is 0.247 e. The molecule has 0 atom stereocenters. The van der Waals surface area contributed by atoms with E-state index in [1.807, 2.05) is 36.5 Å². The maximum Gasteiger partial charge on any atom is 0.247 e. The lowest BCUT2D eigenvalue weighted by atomic mass is 9.89. The van der Waals surface area contributed by atoms with Gasteiger partial charge in [0, 0.05) is 24.5 Å². The zero-order valence-corrected chi connectivity index (χ0v) is 21.0. The SMILES string of the molecule is CN1CCC(c2ccc(Nc3nc4c(-c5cccc(N(C)S(C)(=O)=O)c5)cccn4n3)cc2)CC1. The summed E-state index contributed by atoms with van der Waals surface area (Å²) >= 11 is 0. The number of piperidine rings is 1. The summed E-state index contributed by atoms with van der Waals surface area (Å²) in [7, 11) is 0.377. The van der Waals surface area contributed by atoms with E-state index >= 15 is 0 Å². The lowest BCUT2D eigenvalue weighted by Gasteiger charge is -2.29. The van der Waals surface area contributed by atoms with E-state index in [2.05, 4.69) is 46.6 Å². The number of nitrogens with zero attached hydrogens (tertiary/aromatic N) is 5. The van der Waals surface area contributed by atoms with Crippen LogP contribution in [0.3, 0.4) is 0 Å². The van der Waals surface area contributed by atoms with Crippen LogP contribution in [0.5, 0.6) is 0 Å². The van der Waals surface area contributed by atoms with Gasteiger partial charge in [-0.3, -0.25) is 4.31 Å². The number of aromatic nitrogens is 3. The van der Waals surface area contributed by atoms with Gasteiger partial charge in [0.05, 0.1) is 11.9 Å². The molecule has 0 unspecified atom stereocenters. The van der Waals surface area contributed by atoms with Crippen molar-refractivity contribution >= 4 is 33.0 Å². The first-order valence-corrected chi connectivity index (χ1v) is 13.6. The Morgan fingerprint density at radius 3 is 2.49 bits per heavy atom. The Hall–Kier alpha value is -3.43. The van der Waals surface area contributed by atoms with Crippen molar-refractivity contribution in [1.82, 2.24) is 19.5 Å². The molecule has 182 valence electrons. The second-order valence-electron chi connectivity index (χ2n) is 9.23. The minimum absolute atomic E-state index is 0.508. The molecule has 1 saturated heterocycles. The van der Waals surface area contributed by atoms with E-state index in [1.54, 1.807) is 17.6 Å². The fraction of sp³-hybridized carbons (Fsp3) is 0.308.